The Bertz CT molecular complexity index is 920. The molecule has 31 heavy (non-hydrogen) atoms. The van der Waals surface area contributed by atoms with E-state index in [1.54, 1.807) is 11.1 Å². The van der Waals surface area contributed by atoms with Gasteiger partial charge >= 0.3 is 0 Å². The molecule has 1 aromatic heterocycles. The van der Waals surface area contributed by atoms with Crippen LogP contribution in [-0.2, 0) is 22.4 Å². The summed E-state index contributed by atoms with van der Waals surface area (Å²) in [6.07, 6.45) is 3.17. The monoisotopic (exact) mass is 446 g/mol. The first-order valence-electron chi connectivity index (χ1n) is 10.6. The standard InChI is InChI=1S/C23H31ClN4O3/c1-14(29)26-20(23(2,3)4)22(31)28-13-18(30)11-19(28)21-25-12-17(27-21)10-7-15-5-8-16(24)9-6-15/h5-6,8-9,12,18-20,30H,7,10-11,13H2,1-4H3,(H,25,27)(H,26,29)/t18-,19+,20-/m1/s1. The van der Waals surface area contributed by atoms with Crippen molar-refractivity contribution in [3.63, 3.8) is 0 Å². The highest BCUT2D eigenvalue weighted by molar-refractivity contribution is 6.30. The van der Waals surface area contributed by atoms with Crippen LogP contribution in [0.5, 0.6) is 0 Å². The number of benzene rings is 1. The van der Waals surface area contributed by atoms with Gasteiger partial charge in [0.2, 0.25) is 11.8 Å². The van der Waals surface area contributed by atoms with Crippen LogP contribution in [0.15, 0.2) is 30.5 Å². The molecular weight excluding hydrogens is 416 g/mol. The predicted octanol–water partition coefficient (Wildman–Crippen LogP) is 3.03. The molecule has 0 saturated carbocycles. The van der Waals surface area contributed by atoms with Gasteiger partial charge in [-0.15, -0.1) is 0 Å². The SMILES string of the molecule is CC(=O)N[C@H](C(=O)N1C[C@H](O)C[C@H]1c1ncc(CCc2ccc(Cl)cc2)[nH]1)C(C)(C)C. The number of hydrogen-bond donors (Lipinski definition) is 3. The van der Waals surface area contributed by atoms with Gasteiger partial charge in [0.25, 0.3) is 0 Å². The van der Waals surface area contributed by atoms with Gasteiger partial charge < -0.3 is 20.3 Å². The molecule has 2 aromatic rings. The van der Waals surface area contributed by atoms with Crippen LogP contribution in [0.1, 0.15) is 57.2 Å². The molecule has 7 nitrogen and oxygen atoms in total. The van der Waals surface area contributed by atoms with Crippen molar-refractivity contribution >= 4 is 23.4 Å². The predicted molar refractivity (Wildman–Crippen MR) is 120 cm³/mol. The molecule has 3 rings (SSSR count). The molecule has 3 N–H and O–H groups in total. The van der Waals surface area contributed by atoms with Crippen molar-refractivity contribution in [2.45, 2.75) is 65.1 Å². The van der Waals surface area contributed by atoms with Gasteiger partial charge in [0.05, 0.1) is 12.1 Å². The van der Waals surface area contributed by atoms with Gasteiger partial charge in [-0.1, -0.05) is 44.5 Å². The minimum Gasteiger partial charge on any atom is -0.391 e. The molecule has 168 valence electrons. The smallest absolute Gasteiger partial charge is 0.246 e. The largest absolute Gasteiger partial charge is 0.391 e. The number of amides is 2. The van der Waals surface area contributed by atoms with E-state index < -0.39 is 17.6 Å². The number of carbonyl (C=O) groups excluding carboxylic acids is 2. The van der Waals surface area contributed by atoms with Crippen LogP contribution < -0.4 is 5.32 Å². The Morgan fingerprint density at radius 2 is 1.97 bits per heavy atom. The molecule has 0 radical (unpaired) electrons. The Labute approximate surface area is 188 Å². The molecule has 1 saturated heterocycles. The highest BCUT2D eigenvalue weighted by Gasteiger charge is 2.43. The highest BCUT2D eigenvalue weighted by atomic mass is 35.5. The third kappa shape index (κ3) is 5.86. The van der Waals surface area contributed by atoms with E-state index in [2.05, 4.69) is 15.3 Å². The summed E-state index contributed by atoms with van der Waals surface area (Å²) >= 11 is 5.94. The Kier molecular flexibility index (Phi) is 7.06. The molecule has 2 amide bonds. The van der Waals surface area contributed by atoms with E-state index in [1.807, 2.05) is 45.0 Å². The first-order chi connectivity index (χ1) is 14.5. The quantitative estimate of drug-likeness (QED) is 0.635. The number of nitrogens with zero attached hydrogens (tertiary/aromatic N) is 2. The lowest BCUT2D eigenvalue weighted by molar-refractivity contribution is -0.140. The van der Waals surface area contributed by atoms with Gasteiger partial charge in [0, 0.05) is 36.8 Å². The molecule has 1 fully saturated rings. The molecule has 0 unspecified atom stereocenters. The van der Waals surface area contributed by atoms with Gasteiger partial charge in [-0.05, 0) is 36.0 Å². The van der Waals surface area contributed by atoms with Crippen LogP contribution in [-0.4, -0.2) is 50.5 Å². The second-order valence-corrected chi connectivity index (χ2v) is 9.75. The lowest BCUT2D eigenvalue weighted by Crippen LogP contribution is -2.54. The molecule has 8 heteroatoms. The zero-order valence-electron chi connectivity index (χ0n) is 18.5. The number of aliphatic hydroxyl groups excluding tert-OH is 1. The minimum absolute atomic E-state index is 0.205. The molecular formula is C23H31ClN4O3. The van der Waals surface area contributed by atoms with Gasteiger partial charge in [0.1, 0.15) is 11.9 Å². The van der Waals surface area contributed by atoms with Crippen LogP contribution in [0.2, 0.25) is 5.02 Å². The van der Waals surface area contributed by atoms with Crippen LogP contribution in [0, 0.1) is 5.41 Å². The number of rotatable bonds is 6. The minimum atomic E-state index is -0.683. The first-order valence-corrected chi connectivity index (χ1v) is 11.0. The maximum atomic E-state index is 13.3. The van der Waals surface area contributed by atoms with Crippen molar-refractivity contribution in [1.82, 2.24) is 20.2 Å². The number of aliphatic hydroxyl groups is 1. The summed E-state index contributed by atoms with van der Waals surface area (Å²) in [5, 5.41) is 13.8. The summed E-state index contributed by atoms with van der Waals surface area (Å²) in [6, 6.07) is 6.71. The first kappa shape index (κ1) is 23.3. The van der Waals surface area contributed by atoms with Gasteiger partial charge in [-0.2, -0.15) is 0 Å². The molecule has 1 aliphatic rings. The average molecular weight is 447 g/mol. The number of aryl methyl sites for hydroxylation is 2. The maximum absolute atomic E-state index is 13.3. The molecule has 2 heterocycles. The molecule has 1 aliphatic heterocycles. The maximum Gasteiger partial charge on any atom is 0.246 e. The third-order valence-electron chi connectivity index (χ3n) is 5.58. The molecule has 1 aromatic carbocycles. The van der Waals surface area contributed by atoms with Crippen molar-refractivity contribution in [2.24, 2.45) is 5.41 Å². The zero-order valence-corrected chi connectivity index (χ0v) is 19.2. The second kappa shape index (κ2) is 9.40. The van der Waals surface area contributed by atoms with Crippen LogP contribution >= 0.6 is 11.6 Å². The fourth-order valence-electron chi connectivity index (χ4n) is 3.94. The normalized spacial score (nSPS) is 20.0. The summed E-state index contributed by atoms with van der Waals surface area (Å²) in [5.74, 6) is 0.196. The average Bonchev–Trinajstić information content (AvgIpc) is 3.30. The second-order valence-electron chi connectivity index (χ2n) is 9.32. The fraction of sp³-hybridized carbons (Fsp3) is 0.522. The van der Waals surface area contributed by atoms with E-state index >= 15 is 0 Å². The van der Waals surface area contributed by atoms with Gasteiger partial charge in [0.15, 0.2) is 0 Å². The van der Waals surface area contributed by atoms with E-state index in [1.165, 1.54) is 12.5 Å². The Balaban J connectivity index is 1.74. The molecule has 3 atom stereocenters. The number of carbonyl (C=O) groups is 2. The van der Waals surface area contributed by atoms with Crippen molar-refractivity contribution in [1.29, 1.82) is 0 Å². The number of aromatic amines is 1. The number of likely N-dealkylation sites (tertiary alicyclic amines) is 1. The summed E-state index contributed by atoms with van der Waals surface area (Å²) in [6.45, 7) is 7.36. The summed E-state index contributed by atoms with van der Waals surface area (Å²) in [7, 11) is 0. The number of hydrogen-bond acceptors (Lipinski definition) is 4. The zero-order chi connectivity index (χ0) is 22.8. The topological polar surface area (TPSA) is 98.3 Å². The number of halogens is 1. The van der Waals surface area contributed by atoms with Crippen LogP contribution in [0.25, 0.3) is 0 Å². The highest BCUT2D eigenvalue weighted by Crippen LogP contribution is 2.33. The van der Waals surface area contributed by atoms with Crippen molar-refractivity contribution in [2.75, 3.05) is 6.54 Å². The van der Waals surface area contributed by atoms with Crippen LogP contribution in [0.3, 0.4) is 0 Å². The summed E-state index contributed by atoms with van der Waals surface area (Å²) < 4.78 is 0. The molecule has 0 aliphatic carbocycles. The van der Waals surface area contributed by atoms with Crippen molar-refractivity contribution < 1.29 is 14.7 Å². The fourth-order valence-corrected chi connectivity index (χ4v) is 4.06. The number of aromatic nitrogens is 2. The lowest BCUT2D eigenvalue weighted by Gasteiger charge is -2.35. The lowest BCUT2D eigenvalue weighted by atomic mass is 9.85. The third-order valence-corrected chi connectivity index (χ3v) is 5.83. The summed E-state index contributed by atoms with van der Waals surface area (Å²) in [5.41, 5.74) is 1.68. The molecule has 0 spiro atoms. The van der Waals surface area contributed by atoms with Gasteiger partial charge in [-0.3, -0.25) is 9.59 Å². The van der Waals surface area contributed by atoms with E-state index in [0.29, 0.717) is 17.3 Å². The van der Waals surface area contributed by atoms with Crippen molar-refractivity contribution in [3.8, 4) is 0 Å². The van der Waals surface area contributed by atoms with Crippen molar-refractivity contribution in [3.05, 3.63) is 52.6 Å². The van der Waals surface area contributed by atoms with E-state index in [4.69, 9.17) is 11.6 Å². The number of imidazole rings is 1. The number of nitrogens with one attached hydrogen (secondary N) is 2. The Morgan fingerprint density at radius 1 is 1.29 bits per heavy atom. The number of β-amino-alcohol motifs (C(OH)–C–C–N with tert-alkyl or cyclic N) is 1. The Hall–Kier alpha value is -2.38. The van der Waals surface area contributed by atoms with Crippen LogP contribution in [0.4, 0.5) is 0 Å². The van der Waals surface area contributed by atoms with E-state index in [9.17, 15) is 14.7 Å². The molecule has 0 bridgehead atoms. The van der Waals surface area contributed by atoms with E-state index in [0.717, 1.165) is 18.5 Å². The summed E-state index contributed by atoms with van der Waals surface area (Å²) in [4.78, 5) is 34.5. The number of H-pyrrole nitrogens is 1. The Morgan fingerprint density at radius 3 is 2.58 bits per heavy atom. The van der Waals surface area contributed by atoms with Gasteiger partial charge in [-0.25, -0.2) is 4.98 Å². The van der Waals surface area contributed by atoms with E-state index in [-0.39, 0.29) is 24.4 Å².